The second-order valence-corrected chi connectivity index (χ2v) is 7.57. The highest BCUT2D eigenvalue weighted by Crippen LogP contribution is 2.24. The van der Waals surface area contributed by atoms with Crippen molar-refractivity contribution in [3.8, 4) is 0 Å². The number of rotatable bonds is 5. The van der Waals surface area contributed by atoms with Crippen LogP contribution in [0.2, 0.25) is 0 Å². The summed E-state index contributed by atoms with van der Waals surface area (Å²) < 4.78 is 4.73. The number of amides is 1. The fourth-order valence-corrected chi connectivity index (χ4v) is 3.52. The van der Waals surface area contributed by atoms with Gasteiger partial charge in [0.1, 0.15) is 0 Å². The summed E-state index contributed by atoms with van der Waals surface area (Å²) >= 11 is 0. The molecule has 1 atom stereocenters. The highest BCUT2D eigenvalue weighted by atomic mass is 16.5. The molecule has 0 saturated carbocycles. The number of anilines is 1. The molecular formula is C23H28N2O3. The molecule has 28 heavy (non-hydrogen) atoms. The number of piperazine rings is 1. The molecule has 0 bridgehead atoms. The number of carbonyl (C=O) groups is 2. The highest BCUT2D eigenvalue weighted by molar-refractivity contribution is 5.97. The summed E-state index contributed by atoms with van der Waals surface area (Å²) in [5.41, 5.74) is 3.84. The minimum absolute atomic E-state index is 0.120. The number of nitrogens with zero attached hydrogens (tertiary/aromatic N) is 2. The summed E-state index contributed by atoms with van der Waals surface area (Å²) in [7, 11) is 1.37. The molecule has 1 saturated heterocycles. The van der Waals surface area contributed by atoms with Crippen LogP contribution in [0.3, 0.4) is 0 Å². The van der Waals surface area contributed by atoms with Crippen LogP contribution < -0.4 is 4.90 Å². The second-order valence-electron chi connectivity index (χ2n) is 7.57. The zero-order valence-corrected chi connectivity index (χ0v) is 17.0. The lowest BCUT2D eigenvalue weighted by Crippen LogP contribution is -2.55. The number of methoxy groups -OCH3 is 1. The van der Waals surface area contributed by atoms with Crippen molar-refractivity contribution in [1.82, 2.24) is 4.90 Å². The van der Waals surface area contributed by atoms with Gasteiger partial charge in [-0.15, -0.1) is 0 Å². The van der Waals surface area contributed by atoms with Crippen LogP contribution in [0.1, 0.15) is 48.2 Å². The predicted molar refractivity (Wildman–Crippen MR) is 111 cm³/mol. The van der Waals surface area contributed by atoms with Gasteiger partial charge in [0.25, 0.3) is 0 Å². The van der Waals surface area contributed by atoms with E-state index in [-0.39, 0.29) is 17.9 Å². The first-order valence-corrected chi connectivity index (χ1v) is 9.73. The van der Waals surface area contributed by atoms with Crippen LogP contribution in [-0.4, -0.2) is 43.0 Å². The third kappa shape index (κ3) is 4.25. The molecule has 1 unspecified atom stereocenters. The van der Waals surface area contributed by atoms with Crippen molar-refractivity contribution in [2.75, 3.05) is 25.1 Å². The zero-order valence-electron chi connectivity index (χ0n) is 17.0. The number of carbonyl (C=O) groups excluding carboxylic acids is 2. The van der Waals surface area contributed by atoms with E-state index < -0.39 is 0 Å². The average molecular weight is 380 g/mol. The van der Waals surface area contributed by atoms with Gasteiger partial charge in [0.05, 0.1) is 18.7 Å². The third-order valence-electron chi connectivity index (χ3n) is 5.41. The maximum atomic E-state index is 13.0. The van der Waals surface area contributed by atoms with Crippen LogP contribution in [0, 0.1) is 0 Å². The summed E-state index contributed by atoms with van der Waals surface area (Å²) in [5, 5.41) is 0. The van der Waals surface area contributed by atoms with E-state index in [1.807, 2.05) is 36.1 Å². The fraction of sp³-hybridized carbons (Fsp3) is 0.391. The molecule has 1 amide bonds. The summed E-state index contributed by atoms with van der Waals surface area (Å²) in [5.74, 6) is 0.257. The Morgan fingerprint density at radius 1 is 1.07 bits per heavy atom. The van der Waals surface area contributed by atoms with E-state index in [1.165, 1.54) is 12.7 Å². The Morgan fingerprint density at radius 2 is 1.71 bits per heavy atom. The van der Waals surface area contributed by atoms with E-state index in [2.05, 4.69) is 30.9 Å². The SMILES string of the molecule is COC(=O)c1ccc(CN2CCN(c3ccc(C(C)C)cc3)C(=O)C2C)cc1. The lowest BCUT2D eigenvalue weighted by molar-refractivity contribution is -0.125. The maximum absolute atomic E-state index is 13.0. The Bertz CT molecular complexity index is 828. The lowest BCUT2D eigenvalue weighted by atomic mass is 10.0. The van der Waals surface area contributed by atoms with Crippen molar-refractivity contribution in [2.45, 2.75) is 39.3 Å². The van der Waals surface area contributed by atoms with Gasteiger partial charge in [-0.1, -0.05) is 38.1 Å². The van der Waals surface area contributed by atoms with Crippen LogP contribution in [-0.2, 0) is 16.1 Å². The molecule has 1 fully saturated rings. The molecule has 2 aromatic rings. The van der Waals surface area contributed by atoms with Gasteiger partial charge >= 0.3 is 5.97 Å². The molecule has 1 aliphatic heterocycles. The number of benzene rings is 2. The fourth-order valence-electron chi connectivity index (χ4n) is 3.52. The van der Waals surface area contributed by atoms with Gasteiger partial charge in [-0.2, -0.15) is 0 Å². The summed E-state index contributed by atoms with van der Waals surface area (Å²) in [6.45, 7) is 8.44. The molecule has 0 spiro atoms. The Kier molecular flexibility index (Phi) is 6.15. The maximum Gasteiger partial charge on any atom is 0.337 e. The Balaban J connectivity index is 1.66. The van der Waals surface area contributed by atoms with Crippen LogP contribution >= 0.6 is 0 Å². The molecule has 2 aromatic carbocycles. The van der Waals surface area contributed by atoms with Gasteiger partial charge in [0, 0.05) is 25.3 Å². The van der Waals surface area contributed by atoms with E-state index in [0.29, 0.717) is 24.6 Å². The molecule has 1 heterocycles. The molecule has 1 aliphatic rings. The van der Waals surface area contributed by atoms with Crippen molar-refractivity contribution >= 4 is 17.6 Å². The van der Waals surface area contributed by atoms with Crippen molar-refractivity contribution < 1.29 is 14.3 Å². The third-order valence-corrected chi connectivity index (χ3v) is 5.41. The van der Waals surface area contributed by atoms with Crippen molar-refractivity contribution in [3.05, 3.63) is 65.2 Å². The molecule has 0 aromatic heterocycles. The highest BCUT2D eigenvalue weighted by Gasteiger charge is 2.32. The minimum atomic E-state index is -0.341. The first-order chi connectivity index (χ1) is 13.4. The Morgan fingerprint density at radius 3 is 2.29 bits per heavy atom. The number of esters is 1. The summed E-state index contributed by atoms with van der Waals surface area (Å²) in [6, 6.07) is 15.5. The largest absolute Gasteiger partial charge is 0.465 e. The monoisotopic (exact) mass is 380 g/mol. The van der Waals surface area contributed by atoms with Crippen molar-refractivity contribution in [2.24, 2.45) is 0 Å². The van der Waals surface area contributed by atoms with E-state index >= 15 is 0 Å². The topological polar surface area (TPSA) is 49.9 Å². The molecule has 5 nitrogen and oxygen atoms in total. The van der Waals surface area contributed by atoms with E-state index in [4.69, 9.17) is 4.74 Å². The molecule has 148 valence electrons. The quantitative estimate of drug-likeness (QED) is 0.740. The van der Waals surface area contributed by atoms with Crippen LogP contribution in [0.25, 0.3) is 0 Å². The smallest absolute Gasteiger partial charge is 0.337 e. The predicted octanol–water partition coefficient (Wildman–Crippen LogP) is 3.83. The van der Waals surface area contributed by atoms with E-state index in [9.17, 15) is 9.59 Å². The average Bonchev–Trinajstić information content (AvgIpc) is 2.71. The van der Waals surface area contributed by atoms with Gasteiger partial charge in [0.2, 0.25) is 5.91 Å². The molecular weight excluding hydrogens is 352 g/mol. The van der Waals surface area contributed by atoms with Gasteiger partial charge in [-0.05, 0) is 48.2 Å². The van der Waals surface area contributed by atoms with E-state index in [0.717, 1.165) is 17.8 Å². The number of hydrogen-bond donors (Lipinski definition) is 0. The van der Waals surface area contributed by atoms with Gasteiger partial charge < -0.3 is 9.64 Å². The summed E-state index contributed by atoms with van der Waals surface area (Å²) in [4.78, 5) is 28.6. The molecule has 0 N–H and O–H groups in total. The standard InChI is InChI=1S/C23H28N2O3/c1-16(2)19-9-11-21(12-10-19)25-14-13-24(17(3)22(25)26)15-18-5-7-20(8-6-18)23(27)28-4/h5-12,16-17H,13-15H2,1-4H3. The molecule has 5 heteroatoms. The number of hydrogen-bond acceptors (Lipinski definition) is 4. The van der Waals surface area contributed by atoms with Gasteiger partial charge in [-0.3, -0.25) is 9.69 Å². The molecule has 0 radical (unpaired) electrons. The van der Waals surface area contributed by atoms with Crippen LogP contribution in [0.5, 0.6) is 0 Å². The second kappa shape index (κ2) is 8.57. The Labute approximate surface area is 166 Å². The lowest BCUT2D eigenvalue weighted by Gasteiger charge is -2.39. The van der Waals surface area contributed by atoms with Gasteiger partial charge in [-0.25, -0.2) is 4.79 Å². The molecule has 0 aliphatic carbocycles. The molecule has 3 rings (SSSR count). The minimum Gasteiger partial charge on any atom is -0.465 e. The van der Waals surface area contributed by atoms with Crippen molar-refractivity contribution in [3.63, 3.8) is 0 Å². The van der Waals surface area contributed by atoms with Crippen LogP contribution in [0.4, 0.5) is 5.69 Å². The van der Waals surface area contributed by atoms with Crippen LogP contribution in [0.15, 0.2) is 48.5 Å². The first-order valence-electron chi connectivity index (χ1n) is 9.73. The van der Waals surface area contributed by atoms with Gasteiger partial charge in [0.15, 0.2) is 0 Å². The normalized spacial score (nSPS) is 17.8. The van der Waals surface area contributed by atoms with E-state index in [1.54, 1.807) is 12.1 Å². The summed E-state index contributed by atoms with van der Waals surface area (Å²) in [6.07, 6.45) is 0. The number of ether oxygens (including phenoxy) is 1. The van der Waals surface area contributed by atoms with Crippen molar-refractivity contribution in [1.29, 1.82) is 0 Å². The zero-order chi connectivity index (χ0) is 20.3. The first kappa shape index (κ1) is 20.1. The Hall–Kier alpha value is -2.66.